The van der Waals surface area contributed by atoms with Gasteiger partial charge >= 0.3 is 0 Å². The molecule has 3 aromatic rings. The zero-order chi connectivity index (χ0) is 21.2. The van der Waals surface area contributed by atoms with Gasteiger partial charge in [-0.2, -0.15) is 0 Å². The Morgan fingerprint density at radius 1 is 0.800 bits per heavy atom. The molecule has 30 heavy (non-hydrogen) atoms. The van der Waals surface area contributed by atoms with Gasteiger partial charge in [0.1, 0.15) is 0 Å². The molecule has 3 aromatic carbocycles. The summed E-state index contributed by atoms with van der Waals surface area (Å²) in [6.45, 7) is 8.52. The fourth-order valence-electron chi connectivity index (χ4n) is 3.30. The topological polar surface area (TPSA) is 9.23 Å². The predicted octanol–water partition coefficient (Wildman–Crippen LogP) is 8.44. The number of allylic oxidation sites excluding steroid dienone is 1. The maximum Gasteiger partial charge on any atom is 0.191 e. The van der Waals surface area contributed by atoms with Crippen LogP contribution in [0.1, 0.15) is 18.1 Å². The Hall–Kier alpha value is -1.72. The number of thioether (sulfide) groups is 2. The van der Waals surface area contributed by atoms with Crippen LogP contribution in [-0.4, -0.2) is 12.9 Å². The summed E-state index contributed by atoms with van der Waals surface area (Å²) in [6, 6.07) is 33.0. The number of hydrogen-bond acceptors (Lipinski definition) is 3. The Bertz CT molecular complexity index is 843. The standard InChI is InChI=1S/C26H30OS2Si/c1-4-20-30(2,3)27-25(22-14-8-5-9-15-22)21-26(28-23-16-10-6-11-17-23)29-24-18-12-7-13-19-24/h4-19,25-26H,1,20-21H2,2-3H3. The van der Waals surface area contributed by atoms with Crippen molar-refractivity contribution in [3.63, 3.8) is 0 Å². The second-order valence-electron chi connectivity index (χ2n) is 7.80. The van der Waals surface area contributed by atoms with Crippen LogP contribution in [0.5, 0.6) is 0 Å². The molecule has 1 unspecified atom stereocenters. The largest absolute Gasteiger partial charge is 0.410 e. The molecule has 0 amide bonds. The maximum absolute atomic E-state index is 6.81. The summed E-state index contributed by atoms with van der Waals surface area (Å²) in [5.41, 5.74) is 1.26. The average Bonchev–Trinajstić information content (AvgIpc) is 2.75. The first-order valence-electron chi connectivity index (χ1n) is 10.3. The van der Waals surface area contributed by atoms with Crippen molar-refractivity contribution in [2.75, 3.05) is 0 Å². The molecule has 0 saturated heterocycles. The molecule has 0 saturated carbocycles. The SMILES string of the molecule is C=CC[Si](C)(C)OC(CC(Sc1ccccc1)Sc1ccccc1)c1ccccc1. The zero-order valence-electron chi connectivity index (χ0n) is 17.7. The molecule has 0 fully saturated rings. The van der Waals surface area contributed by atoms with Crippen LogP contribution >= 0.6 is 23.5 Å². The maximum atomic E-state index is 6.81. The lowest BCUT2D eigenvalue weighted by Gasteiger charge is -2.31. The van der Waals surface area contributed by atoms with Gasteiger partial charge in [-0.1, -0.05) is 72.8 Å². The van der Waals surface area contributed by atoms with Crippen molar-refractivity contribution in [3.8, 4) is 0 Å². The van der Waals surface area contributed by atoms with Crippen LogP contribution in [0.25, 0.3) is 0 Å². The monoisotopic (exact) mass is 450 g/mol. The highest BCUT2D eigenvalue weighted by Gasteiger charge is 2.29. The van der Waals surface area contributed by atoms with Gasteiger partial charge in [0, 0.05) is 9.79 Å². The van der Waals surface area contributed by atoms with Gasteiger partial charge in [-0.25, -0.2) is 0 Å². The van der Waals surface area contributed by atoms with Gasteiger partial charge in [0.25, 0.3) is 0 Å². The number of rotatable bonds is 11. The highest BCUT2D eigenvalue weighted by Crippen LogP contribution is 2.42. The van der Waals surface area contributed by atoms with Crippen molar-refractivity contribution in [1.29, 1.82) is 0 Å². The predicted molar refractivity (Wildman–Crippen MR) is 136 cm³/mol. The van der Waals surface area contributed by atoms with Crippen LogP contribution in [0.2, 0.25) is 19.1 Å². The Balaban J connectivity index is 1.85. The van der Waals surface area contributed by atoms with Gasteiger partial charge in [-0.05, 0) is 55.4 Å². The van der Waals surface area contributed by atoms with Crippen LogP contribution < -0.4 is 0 Å². The van der Waals surface area contributed by atoms with E-state index in [1.54, 1.807) is 0 Å². The lowest BCUT2D eigenvalue weighted by Crippen LogP contribution is -2.32. The van der Waals surface area contributed by atoms with E-state index >= 15 is 0 Å². The third kappa shape index (κ3) is 7.51. The molecule has 0 aliphatic heterocycles. The van der Waals surface area contributed by atoms with Crippen LogP contribution in [0, 0.1) is 0 Å². The Morgan fingerprint density at radius 3 is 1.73 bits per heavy atom. The van der Waals surface area contributed by atoms with E-state index in [1.165, 1.54) is 15.4 Å². The van der Waals surface area contributed by atoms with Gasteiger partial charge in [0.2, 0.25) is 0 Å². The molecule has 3 rings (SSSR count). The number of hydrogen-bond donors (Lipinski definition) is 0. The second-order valence-corrected chi connectivity index (χ2v) is 14.8. The van der Waals surface area contributed by atoms with Crippen molar-refractivity contribution < 1.29 is 4.43 Å². The van der Waals surface area contributed by atoms with Crippen molar-refractivity contribution in [3.05, 3.63) is 109 Å². The smallest absolute Gasteiger partial charge is 0.191 e. The van der Waals surface area contributed by atoms with Gasteiger partial charge in [-0.15, -0.1) is 30.1 Å². The minimum atomic E-state index is -1.84. The van der Waals surface area contributed by atoms with Crippen LogP contribution in [0.3, 0.4) is 0 Å². The van der Waals surface area contributed by atoms with E-state index < -0.39 is 8.32 Å². The first-order valence-corrected chi connectivity index (χ1v) is 15.2. The highest BCUT2D eigenvalue weighted by molar-refractivity contribution is 8.17. The highest BCUT2D eigenvalue weighted by atomic mass is 32.2. The quantitative estimate of drug-likeness (QED) is 0.125. The van der Waals surface area contributed by atoms with Crippen LogP contribution in [0.4, 0.5) is 0 Å². The van der Waals surface area contributed by atoms with E-state index in [4.69, 9.17) is 4.43 Å². The molecule has 0 heterocycles. The first kappa shape index (κ1) is 23.0. The second kappa shape index (κ2) is 11.6. The molecule has 156 valence electrons. The summed E-state index contributed by atoms with van der Waals surface area (Å²) in [4.78, 5) is 2.58. The van der Waals surface area contributed by atoms with E-state index in [2.05, 4.69) is 111 Å². The van der Waals surface area contributed by atoms with Crippen molar-refractivity contribution in [2.45, 2.75) is 46.0 Å². The van der Waals surface area contributed by atoms with E-state index in [-0.39, 0.29) is 6.10 Å². The summed E-state index contributed by atoms with van der Waals surface area (Å²) < 4.78 is 7.15. The van der Waals surface area contributed by atoms with Gasteiger partial charge < -0.3 is 4.43 Å². The molecule has 1 nitrogen and oxygen atoms in total. The normalized spacial score (nSPS) is 12.6. The molecule has 0 aromatic heterocycles. The third-order valence-electron chi connectivity index (χ3n) is 4.70. The summed E-state index contributed by atoms with van der Waals surface area (Å²) in [7, 11) is -1.84. The lowest BCUT2D eigenvalue weighted by atomic mass is 10.1. The fourth-order valence-corrected chi connectivity index (χ4v) is 7.73. The molecular weight excluding hydrogens is 421 g/mol. The summed E-state index contributed by atoms with van der Waals surface area (Å²) in [5, 5.41) is 0. The molecule has 0 spiro atoms. The Morgan fingerprint density at radius 2 is 1.27 bits per heavy atom. The summed E-state index contributed by atoms with van der Waals surface area (Å²) in [5.74, 6) is 0. The van der Waals surface area contributed by atoms with Crippen molar-refractivity contribution in [2.24, 2.45) is 0 Å². The number of benzene rings is 3. The molecule has 4 heteroatoms. The zero-order valence-corrected chi connectivity index (χ0v) is 20.4. The summed E-state index contributed by atoms with van der Waals surface area (Å²) in [6.07, 6.45) is 3.02. The minimum Gasteiger partial charge on any atom is -0.410 e. The van der Waals surface area contributed by atoms with E-state index in [1.807, 2.05) is 29.6 Å². The van der Waals surface area contributed by atoms with Crippen molar-refractivity contribution in [1.82, 2.24) is 0 Å². The first-order chi connectivity index (χ1) is 14.6. The van der Waals surface area contributed by atoms with Gasteiger partial charge in [0.05, 0.1) is 10.7 Å². The van der Waals surface area contributed by atoms with E-state index in [0.717, 1.165) is 12.5 Å². The lowest BCUT2D eigenvalue weighted by molar-refractivity contribution is 0.191. The van der Waals surface area contributed by atoms with E-state index in [9.17, 15) is 0 Å². The molecule has 0 aliphatic rings. The van der Waals surface area contributed by atoms with Gasteiger partial charge in [0.15, 0.2) is 8.32 Å². The Kier molecular flexibility index (Phi) is 8.88. The van der Waals surface area contributed by atoms with Crippen molar-refractivity contribution >= 4 is 31.8 Å². The fraction of sp³-hybridized carbons (Fsp3) is 0.231. The molecule has 0 bridgehead atoms. The Labute approximate surface area is 191 Å². The van der Waals surface area contributed by atoms with E-state index in [0.29, 0.717) is 4.58 Å². The molecule has 1 atom stereocenters. The van der Waals surface area contributed by atoms with Crippen LogP contribution in [-0.2, 0) is 4.43 Å². The molecular formula is C26H30OS2Si. The average molecular weight is 451 g/mol. The minimum absolute atomic E-state index is 0.0743. The van der Waals surface area contributed by atoms with Gasteiger partial charge in [-0.3, -0.25) is 0 Å². The molecule has 0 radical (unpaired) electrons. The third-order valence-corrected chi connectivity index (χ3v) is 9.47. The summed E-state index contributed by atoms with van der Waals surface area (Å²) >= 11 is 3.85. The molecule has 0 aliphatic carbocycles. The molecule has 0 N–H and O–H groups in total. The van der Waals surface area contributed by atoms with Crippen LogP contribution in [0.15, 0.2) is 113 Å².